The van der Waals surface area contributed by atoms with Crippen LogP contribution in [0.25, 0.3) is 0 Å². The van der Waals surface area contributed by atoms with Gasteiger partial charge < -0.3 is 29.0 Å². The van der Waals surface area contributed by atoms with Crippen LogP contribution in [-0.2, 0) is 6.54 Å². The van der Waals surface area contributed by atoms with Crippen LogP contribution in [0.4, 0.5) is 10.5 Å². The van der Waals surface area contributed by atoms with Gasteiger partial charge in [-0.05, 0) is 54.6 Å². The summed E-state index contributed by atoms with van der Waals surface area (Å²) in [6.07, 6.45) is 2.04. The van der Waals surface area contributed by atoms with Crippen molar-refractivity contribution in [3.63, 3.8) is 0 Å². The van der Waals surface area contributed by atoms with Gasteiger partial charge in [0.05, 0.1) is 21.3 Å². The van der Waals surface area contributed by atoms with Crippen molar-refractivity contribution in [1.82, 2.24) is 9.47 Å². The van der Waals surface area contributed by atoms with Gasteiger partial charge in [-0.3, -0.25) is 0 Å². The van der Waals surface area contributed by atoms with Gasteiger partial charge in [0.2, 0.25) is 0 Å². The number of benzene rings is 2. The first-order valence-corrected chi connectivity index (χ1v) is 9.73. The van der Waals surface area contributed by atoms with Gasteiger partial charge in [-0.2, -0.15) is 0 Å². The van der Waals surface area contributed by atoms with Gasteiger partial charge in [-0.25, -0.2) is 4.79 Å². The number of carbonyl (C=O) groups is 1. The van der Waals surface area contributed by atoms with Crippen molar-refractivity contribution in [3.05, 3.63) is 72.1 Å². The number of aromatic nitrogens is 1. The molecule has 4 rings (SSSR count). The zero-order valence-corrected chi connectivity index (χ0v) is 17.3. The van der Waals surface area contributed by atoms with Crippen molar-refractivity contribution in [3.8, 4) is 17.2 Å². The Morgan fingerprint density at radius 1 is 0.933 bits per heavy atom. The molecule has 1 N–H and O–H groups in total. The van der Waals surface area contributed by atoms with Crippen molar-refractivity contribution >= 4 is 11.7 Å². The fourth-order valence-corrected chi connectivity index (χ4v) is 3.85. The summed E-state index contributed by atoms with van der Waals surface area (Å²) in [5.74, 6) is 2.16. The Balaban J connectivity index is 1.71. The Hall–Kier alpha value is -3.61. The molecule has 30 heavy (non-hydrogen) atoms. The first-order valence-electron chi connectivity index (χ1n) is 9.73. The molecule has 1 aromatic heterocycles. The van der Waals surface area contributed by atoms with Crippen LogP contribution in [0.1, 0.15) is 17.3 Å². The zero-order chi connectivity index (χ0) is 21.1. The first-order chi connectivity index (χ1) is 14.6. The molecule has 1 unspecified atom stereocenters. The van der Waals surface area contributed by atoms with Crippen LogP contribution in [-0.4, -0.2) is 43.4 Å². The first kappa shape index (κ1) is 19.7. The summed E-state index contributed by atoms with van der Waals surface area (Å²) in [7, 11) is 4.88. The lowest BCUT2D eigenvalue weighted by molar-refractivity contribution is 0.180. The van der Waals surface area contributed by atoms with Crippen LogP contribution in [0, 0.1) is 0 Å². The van der Waals surface area contributed by atoms with E-state index < -0.39 is 0 Å². The number of ether oxygens (including phenoxy) is 3. The monoisotopic (exact) mass is 407 g/mol. The maximum atomic E-state index is 13.3. The molecule has 0 saturated carbocycles. The number of amides is 2. The number of nitrogens with one attached hydrogen (secondary N) is 1. The number of fused-ring (bicyclic) bond motifs is 1. The van der Waals surface area contributed by atoms with E-state index in [4.69, 9.17) is 14.2 Å². The third kappa shape index (κ3) is 3.66. The minimum absolute atomic E-state index is 0.178. The maximum absolute atomic E-state index is 13.3. The smallest absolute Gasteiger partial charge is 0.322 e. The molecule has 156 valence electrons. The van der Waals surface area contributed by atoms with Crippen molar-refractivity contribution in [2.75, 3.05) is 33.2 Å². The van der Waals surface area contributed by atoms with Gasteiger partial charge in [0.25, 0.3) is 0 Å². The summed E-state index contributed by atoms with van der Waals surface area (Å²) in [6.45, 7) is 1.29. The maximum Gasteiger partial charge on any atom is 0.322 e. The predicted molar refractivity (Wildman–Crippen MR) is 115 cm³/mol. The number of hydrogen-bond donors (Lipinski definition) is 1. The zero-order valence-electron chi connectivity index (χ0n) is 17.3. The summed E-state index contributed by atoms with van der Waals surface area (Å²) in [6, 6.07) is 16.5. The summed E-state index contributed by atoms with van der Waals surface area (Å²) in [5, 5.41) is 3.00. The normalized spacial score (nSPS) is 15.3. The molecule has 2 heterocycles. The van der Waals surface area contributed by atoms with E-state index in [1.54, 1.807) is 21.3 Å². The van der Waals surface area contributed by atoms with Crippen molar-refractivity contribution in [2.45, 2.75) is 12.6 Å². The van der Waals surface area contributed by atoms with E-state index in [1.807, 2.05) is 65.7 Å². The van der Waals surface area contributed by atoms with Gasteiger partial charge in [-0.1, -0.05) is 0 Å². The highest BCUT2D eigenvalue weighted by Crippen LogP contribution is 2.39. The molecular formula is C23H25N3O4. The number of urea groups is 1. The Kier molecular flexibility index (Phi) is 5.52. The number of rotatable bonds is 5. The quantitative estimate of drug-likeness (QED) is 0.690. The lowest BCUT2D eigenvalue weighted by Gasteiger charge is -2.37. The summed E-state index contributed by atoms with van der Waals surface area (Å²) in [5.41, 5.74) is 2.61. The molecular weight excluding hydrogens is 382 g/mol. The lowest BCUT2D eigenvalue weighted by Crippen LogP contribution is -2.44. The molecule has 0 radical (unpaired) electrons. The van der Waals surface area contributed by atoms with E-state index in [2.05, 4.69) is 9.88 Å². The highest BCUT2D eigenvalue weighted by molar-refractivity contribution is 5.90. The molecule has 0 saturated heterocycles. The minimum Gasteiger partial charge on any atom is -0.497 e. The number of hydrogen-bond acceptors (Lipinski definition) is 4. The van der Waals surface area contributed by atoms with E-state index in [-0.39, 0.29) is 12.1 Å². The molecule has 0 bridgehead atoms. The highest BCUT2D eigenvalue weighted by atomic mass is 16.5. The SMILES string of the molecule is COc1ccc(NC(=O)N2CCn3cccc3C2c2cc(OC)ccc2OC)cc1. The second-order valence-corrected chi connectivity index (χ2v) is 6.99. The summed E-state index contributed by atoms with van der Waals surface area (Å²) in [4.78, 5) is 15.1. The van der Waals surface area contributed by atoms with E-state index >= 15 is 0 Å². The van der Waals surface area contributed by atoms with Crippen molar-refractivity contribution in [1.29, 1.82) is 0 Å². The van der Waals surface area contributed by atoms with Gasteiger partial charge in [0, 0.05) is 36.2 Å². The number of anilines is 1. The van der Waals surface area contributed by atoms with Gasteiger partial charge >= 0.3 is 6.03 Å². The number of methoxy groups -OCH3 is 3. The molecule has 7 heteroatoms. The third-order valence-electron chi connectivity index (χ3n) is 5.37. The fraction of sp³-hybridized carbons (Fsp3) is 0.261. The Labute approximate surface area is 175 Å². The Morgan fingerprint density at radius 3 is 2.37 bits per heavy atom. The fourth-order valence-electron chi connectivity index (χ4n) is 3.85. The molecule has 0 fully saturated rings. The van der Waals surface area contributed by atoms with Gasteiger partial charge in [0.15, 0.2) is 0 Å². The van der Waals surface area contributed by atoms with Crippen molar-refractivity contribution in [2.24, 2.45) is 0 Å². The van der Waals surface area contributed by atoms with Crippen molar-refractivity contribution < 1.29 is 19.0 Å². The van der Waals surface area contributed by atoms with Gasteiger partial charge in [0.1, 0.15) is 23.3 Å². The molecule has 1 aliphatic heterocycles. The van der Waals surface area contributed by atoms with Crippen LogP contribution in [0.5, 0.6) is 17.2 Å². The second-order valence-electron chi connectivity index (χ2n) is 6.99. The van der Waals surface area contributed by atoms with Crippen LogP contribution in [0.15, 0.2) is 60.8 Å². The van der Waals surface area contributed by atoms with E-state index in [0.29, 0.717) is 23.7 Å². The Morgan fingerprint density at radius 2 is 1.67 bits per heavy atom. The number of carbonyl (C=O) groups excluding carboxylic acids is 1. The molecule has 1 atom stereocenters. The topological polar surface area (TPSA) is 65.0 Å². The summed E-state index contributed by atoms with van der Waals surface area (Å²) >= 11 is 0. The molecule has 2 aromatic carbocycles. The average Bonchev–Trinajstić information content (AvgIpc) is 3.27. The Bertz CT molecular complexity index is 1030. The lowest BCUT2D eigenvalue weighted by atomic mass is 9.98. The molecule has 0 spiro atoms. The van der Waals surface area contributed by atoms with E-state index in [0.717, 1.165) is 23.6 Å². The van der Waals surface area contributed by atoms with Crippen LogP contribution in [0.3, 0.4) is 0 Å². The van der Waals surface area contributed by atoms with Crippen LogP contribution >= 0.6 is 0 Å². The number of nitrogens with zero attached hydrogens (tertiary/aromatic N) is 2. The van der Waals surface area contributed by atoms with Crippen LogP contribution < -0.4 is 19.5 Å². The van der Waals surface area contributed by atoms with Crippen LogP contribution in [0.2, 0.25) is 0 Å². The second kappa shape index (κ2) is 8.41. The largest absolute Gasteiger partial charge is 0.497 e. The van der Waals surface area contributed by atoms with E-state index in [1.165, 1.54) is 0 Å². The standard InChI is InChI=1S/C23H25N3O4/c1-28-17-8-6-16(7-9-17)24-23(27)26-14-13-25-12-4-5-20(25)22(26)19-15-18(29-2)10-11-21(19)30-3/h4-12,15,22H,13-14H2,1-3H3,(H,24,27). The van der Waals surface area contributed by atoms with E-state index in [9.17, 15) is 4.79 Å². The molecule has 1 aliphatic rings. The highest BCUT2D eigenvalue weighted by Gasteiger charge is 2.34. The summed E-state index contributed by atoms with van der Waals surface area (Å²) < 4.78 is 18.4. The molecule has 7 nitrogen and oxygen atoms in total. The minimum atomic E-state index is -0.308. The predicted octanol–water partition coefficient (Wildman–Crippen LogP) is 4.15. The molecule has 0 aliphatic carbocycles. The third-order valence-corrected chi connectivity index (χ3v) is 5.37. The molecule has 2 amide bonds. The van der Waals surface area contributed by atoms with Gasteiger partial charge in [-0.15, -0.1) is 0 Å². The average molecular weight is 407 g/mol. The molecule has 3 aromatic rings.